The molecule has 1 saturated heterocycles. The Bertz CT molecular complexity index is 986. The van der Waals surface area contributed by atoms with Crippen molar-refractivity contribution in [2.24, 2.45) is 5.14 Å². The molecule has 0 spiro atoms. The SMILES string of the molecule is NS(=O)(=O)c1ccc(CC(=O)N2CCN(C(=O)Nc3ccc(F)cc3)CC2)cc1. The van der Waals surface area contributed by atoms with Crippen molar-refractivity contribution in [2.75, 3.05) is 31.5 Å². The molecule has 0 radical (unpaired) electrons. The van der Waals surface area contributed by atoms with Crippen molar-refractivity contribution in [3.63, 3.8) is 0 Å². The van der Waals surface area contributed by atoms with Gasteiger partial charge in [-0.05, 0) is 42.0 Å². The van der Waals surface area contributed by atoms with Gasteiger partial charge in [0.05, 0.1) is 11.3 Å². The lowest BCUT2D eigenvalue weighted by molar-refractivity contribution is -0.131. The molecule has 2 aromatic rings. The second-order valence-electron chi connectivity index (χ2n) is 6.67. The van der Waals surface area contributed by atoms with Crippen LogP contribution in [0, 0.1) is 5.82 Å². The molecular weight excluding hydrogens is 399 g/mol. The fourth-order valence-electron chi connectivity index (χ4n) is 2.98. The monoisotopic (exact) mass is 420 g/mol. The summed E-state index contributed by atoms with van der Waals surface area (Å²) in [5.74, 6) is -0.485. The average Bonchev–Trinajstić information content (AvgIpc) is 2.69. The number of hydrogen-bond donors (Lipinski definition) is 2. The first-order chi connectivity index (χ1) is 13.7. The Kier molecular flexibility index (Phi) is 6.14. The van der Waals surface area contributed by atoms with Gasteiger partial charge in [0.15, 0.2) is 0 Å². The number of amides is 3. The molecule has 0 unspecified atom stereocenters. The Morgan fingerprint density at radius 1 is 0.931 bits per heavy atom. The van der Waals surface area contributed by atoms with Crippen molar-refractivity contribution in [1.29, 1.82) is 0 Å². The number of anilines is 1. The highest BCUT2D eigenvalue weighted by atomic mass is 32.2. The van der Waals surface area contributed by atoms with Gasteiger partial charge in [-0.2, -0.15) is 0 Å². The van der Waals surface area contributed by atoms with Gasteiger partial charge in [-0.15, -0.1) is 0 Å². The summed E-state index contributed by atoms with van der Waals surface area (Å²) < 4.78 is 35.5. The van der Waals surface area contributed by atoms with Gasteiger partial charge >= 0.3 is 6.03 Å². The van der Waals surface area contributed by atoms with Crippen molar-refractivity contribution in [3.8, 4) is 0 Å². The number of sulfonamides is 1. The standard InChI is InChI=1S/C19H21FN4O4S/c20-15-3-5-16(6-4-15)22-19(26)24-11-9-23(10-12-24)18(25)13-14-1-7-17(8-2-14)29(21,27)28/h1-8H,9-13H2,(H,22,26)(H2,21,27,28). The van der Waals surface area contributed by atoms with E-state index in [1.54, 1.807) is 21.9 Å². The average molecular weight is 420 g/mol. The highest BCUT2D eigenvalue weighted by molar-refractivity contribution is 7.89. The normalized spacial score (nSPS) is 14.6. The summed E-state index contributed by atoms with van der Waals surface area (Å²) in [5, 5.41) is 7.76. The number of carbonyl (C=O) groups is 2. The molecule has 1 fully saturated rings. The molecule has 2 aromatic carbocycles. The Balaban J connectivity index is 1.50. The Morgan fingerprint density at radius 3 is 2.03 bits per heavy atom. The molecule has 3 N–H and O–H groups in total. The number of nitrogens with two attached hydrogens (primary N) is 1. The van der Waals surface area contributed by atoms with Gasteiger partial charge in [-0.25, -0.2) is 22.7 Å². The van der Waals surface area contributed by atoms with Crippen LogP contribution in [0.1, 0.15) is 5.56 Å². The molecule has 0 bridgehead atoms. The van der Waals surface area contributed by atoms with Gasteiger partial charge in [0.2, 0.25) is 15.9 Å². The number of nitrogens with zero attached hydrogens (tertiary/aromatic N) is 2. The minimum absolute atomic E-state index is 0.00511. The van der Waals surface area contributed by atoms with E-state index in [1.165, 1.54) is 36.4 Å². The zero-order valence-electron chi connectivity index (χ0n) is 15.5. The Labute approximate surface area is 168 Å². The molecule has 8 nitrogen and oxygen atoms in total. The zero-order valence-corrected chi connectivity index (χ0v) is 16.4. The molecule has 3 rings (SSSR count). The molecular formula is C19H21FN4O4S. The van der Waals surface area contributed by atoms with Crippen molar-refractivity contribution in [1.82, 2.24) is 9.80 Å². The second-order valence-corrected chi connectivity index (χ2v) is 8.23. The smallest absolute Gasteiger partial charge is 0.321 e. The highest BCUT2D eigenvalue weighted by Gasteiger charge is 2.24. The summed E-state index contributed by atoms with van der Waals surface area (Å²) in [6.07, 6.45) is 0.132. The molecule has 0 aromatic heterocycles. The molecule has 3 amide bonds. The maximum absolute atomic E-state index is 12.9. The summed E-state index contributed by atoms with van der Waals surface area (Å²) >= 11 is 0. The number of halogens is 1. The van der Waals surface area contributed by atoms with Crippen molar-refractivity contribution < 1.29 is 22.4 Å². The van der Waals surface area contributed by atoms with Crippen molar-refractivity contribution >= 4 is 27.6 Å². The summed E-state index contributed by atoms with van der Waals surface area (Å²) in [6.45, 7) is 1.54. The van der Waals surface area contributed by atoms with Crippen LogP contribution in [0.4, 0.5) is 14.9 Å². The lowest BCUT2D eigenvalue weighted by Crippen LogP contribution is -2.52. The van der Waals surface area contributed by atoms with Gasteiger partial charge in [-0.3, -0.25) is 4.79 Å². The second kappa shape index (κ2) is 8.58. The minimum atomic E-state index is -3.76. The lowest BCUT2D eigenvalue weighted by atomic mass is 10.1. The van der Waals surface area contributed by atoms with E-state index >= 15 is 0 Å². The van der Waals surface area contributed by atoms with Crippen LogP contribution < -0.4 is 10.5 Å². The number of carbonyl (C=O) groups excluding carboxylic acids is 2. The van der Waals surface area contributed by atoms with Crippen LogP contribution in [0.25, 0.3) is 0 Å². The molecule has 154 valence electrons. The van der Waals surface area contributed by atoms with E-state index in [-0.39, 0.29) is 29.1 Å². The van der Waals surface area contributed by atoms with Gasteiger partial charge in [-0.1, -0.05) is 12.1 Å². The number of benzene rings is 2. The van der Waals surface area contributed by atoms with Crippen LogP contribution in [-0.2, 0) is 21.2 Å². The minimum Gasteiger partial charge on any atom is -0.339 e. The molecule has 0 saturated carbocycles. The largest absolute Gasteiger partial charge is 0.339 e. The van der Waals surface area contributed by atoms with Gasteiger partial charge < -0.3 is 15.1 Å². The number of primary sulfonamides is 1. The molecule has 0 atom stereocenters. The van der Waals surface area contributed by atoms with Crippen LogP contribution in [0.2, 0.25) is 0 Å². The number of piperazine rings is 1. The molecule has 10 heteroatoms. The van der Waals surface area contributed by atoms with Gasteiger partial charge in [0, 0.05) is 31.9 Å². The maximum atomic E-state index is 12.9. The first-order valence-electron chi connectivity index (χ1n) is 8.93. The number of hydrogen-bond acceptors (Lipinski definition) is 4. The number of rotatable bonds is 4. The van der Waals surface area contributed by atoms with E-state index in [9.17, 15) is 22.4 Å². The fourth-order valence-corrected chi connectivity index (χ4v) is 3.49. The quantitative estimate of drug-likeness (QED) is 0.778. The topological polar surface area (TPSA) is 113 Å². The fraction of sp³-hybridized carbons (Fsp3) is 0.263. The third kappa shape index (κ3) is 5.52. The van der Waals surface area contributed by atoms with E-state index in [2.05, 4.69) is 5.32 Å². The number of nitrogens with one attached hydrogen (secondary N) is 1. The van der Waals surface area contributed by atoms with E-state index in [0.29, 0.717) is 37.4 Å². The van der Waals surface area contributed by atoms with Crippen molar-refractivity contribution in [3.05, 3.63) is 59.9 Å². The third-order valence-corrected chi connectivity index (χ3v) is 5.55. The summed E-state index contributed by atoms with van der Waals surface area (Å²) in [5.41, 5.74) is 1.18. The van der Waals surface area contributed by atoms with Crippen molar-refractivity contribution in [2.45, 2.75) is 11.3 Å². The maximum Gasteiger partial charge on any atom is 0.321 e. The van der Waals surface area contributed by atoms with E-state index in [1.807, 2.05) is 0 Å². The molecule has 29 heavy (non-hydrogen) atoms. The third-order valence-electron chi connectivity index (χ3n) is 4.62. The zero-order chi connectivity index (χ0) is 21.0. The van der Waals surface area contributed by atoms with Crippen LogP contribution in [0.3, 0.4) is 0 Å². The molecule has 0 aliphatic carbocycles. The Hall–Kier alpha value is -2.98. The van der Waals surface area contributed by atoms with Crippen LogP contribution in [0.15, 0.2) is 53.4 Å². The number of urea groups is 1. The van der Waals surface area contributed by atoms with Crippen LogP contribution in [0.5, 0.6) is 0 Å². The first kappa shape index (κ1) is 20.7. The van der Waals surface area contributed by atoms with Gasteiger partial charge in [0.25, 0.3) is 0 Å². The Morgan fingerprint density at radius 2 is 1.48 bits per heavy atom. The molecule has 1 heterocycles. The van der Waals surface area contributed by atoms with E-state index in [4.69, 9.17) is 5.14 Å². The highest BCUT2D eigenvalue weighted by Crippen LogP contribution is 2.13. The predicted octanol–water partition coefficient (Wildman–Crippen LogP) is 1.39. The van der Waals surface area contributed by atoms with E-state index in [0.717, 1.165) is 0 Å². The molecule has 1 aliphatic heterocycles. The summed E-state index contributed by atoms with van der Waals surface area (Å²) in [4.78, 5) is 28.0. The predicted molar refractivity (Wildman–Crippen MR) is 105 cm³/mol. The van der Waals surface area contributed by atoms with Crippen LogP contribution >= 0.6 is 0 Å². The molecule has 1 aliphatic rings. The lowest BCUT2D eigenvalue weighted by Gasteiger charge is -2.34. The van der Waals surface area contributed by atoms with E-state index < -0.39 is 10.0 Å². The summed E-state index contributed by atoms with van der Waals surface area (Å²) in [6, 6.07) is 11.0. The van der Waals surface area contributed by atoms with Crippen LogP contribution in [-0.4, -0.2) is 56.3 Å². The summed E-state index contributed by atoms with van der Waals surface area (Å²) in [7, 11) is -3.76. The van der Waals surface area contributed by atoms with Gasteiger partial charge in [0.1, 0.15) is 5.82 Å². The first-order valence-corrected chi connectivity index (χ1v) is 10.5.